The summed E-state index contributed by atoms with van der Waals surface area (Å²) in [5, 5.41) is 9.74. The highest BCUT2D eigenvalue weighted by molar-refractivity contribution is 6.03. The third-order valence-corrected chi connectivity index (χ3v) is 2.51. The number of aromatic carboxylic acids is 1. The molecule has 0 radical (unpaired) electrons. The van der Waals surface area contributed by atoms with Crippen LogP contribution < -0.4 is 0 Å². The normalized spacial score (nSPS) is 11.0. The number of nitrogens with one attached hydrogen (secondary N) is 1. The van der Waals surface area contributed by atoms with Gasteiger partial charge in [0, 0.05) is 5.39 Å². The quantitative estimate of drug-likeness (QED) is 0.646. The molecule has 16 heavy (non-hydrogen) atoms. The van der Waals surface area contributed by atoms with Gasteiger partial charge in [-0.15, -0.1) is 0 Å². The summed E-state index contributed by atoms with van der Waals surface area (Å²) in [6, 6.07) is 4.86. The topological polar surface area (TPSA) is 78.9 Å². The van der Waals surface area contributed by atoms with Gasteiger partial charge in [0.15, 0.2) is 0 Å². The van der Waals surface area contributed by atoms with Crippen LogP contribution in [0.4, 0.5) is 0 Å². The number of rotatable bonds is 1. The molecule has 0 unspecified atom stereocenters. The first-order valence-electron chi connectivity index (χ1n) is 4.71. The monoisotopic (exact) mass is 213 g/mol. The Labute approximate surface area is 89.8 Å². The summed E-state index contributed by atoms with van der Waals surface area (Å²) in [6.07, 6.45) is 3.22. The largest absolute Gasteiger partial charge is 0.478 e. The zero-order valence-corrected chi connectivity index (χ0v) is 8.14. The number of aromatic amines is 1. The first-order chi connectivity index (χ1) is 7.75. The Hall–Kier alpha value is -2.43. The number of aromatic nitrogens is 3. The van der Waals surface area contributed by atoms with Crippen LogP contribution in [-0.2, 0) is 0 Å². The van der Waals surface area contributed by atoms with Crippen LogP contribution in [0.5, 0.6) is 0 Å². The van der Waals surface area contributed by atoms with Crippen molar-refractivity contribution in [3.8, 4) is 0 Å². The van der Waals surface area contributed by atoms with E-state index < -0.39 is 5.97 Å². The van der Waals surface area contributed by atoms with Crippen molar-refractivity contribution in [2.75, 3.05) is 0 Å². The van der Waals surface area contributed by atoms with Gasteiger partial charge in [-0.1, -0.05) is 0 Å². The molecule has 2 heterocycles. The van der Waals surface area contributed by atoms with Crippen molar-refractivity contribution in [3.63, 3.8) is 0 Å². The van der Waals surface area contributed by atoms with Crippen molar-refractivity contribution in [3.05, 3.63) is 36.3 Å². The van der Waals surface area contributed by atoms with Crippen molar-refractivity contribution in [1.82, 2.24) is 15.0 Å². The minimum absolute atomic E-state index is 0.235. The molecule has 5 heteroatoms. The number of carbonyl (C=O) groups is 1. The van der Waals surface area contributed by atoms with E-state index in [1.54, 1.807) is 30.7 Å². The Balaban J connectivity index is 2.41. The van der Waals surface area contributed by atoms with E-state index in [4.69, 9.17) is 5.11 Å². The molecule has 0 amide bonds. The standard InChI is InChI=1S/C11H7N3O2/c15-11(16)6-1-2-7-8(3-6)12-4-9-10(7)14-5-13-9/h1-5H,(H,13,14)(H,15,16). The summed E-state index contributed by atoms with van der Waals surface area (Å²) in [4.78, 5) is 22.1. The Bertz CT molecular complexity index is 703. The van der Waals surface area contributed by atoms with Gasteiger partial charge < -0.3 is 10.1 Å². The van der Waals surface area contributed by atoms with Gasteiger partial charge in [-0.05, 0) is 18.2 Å². The van der Waals surface area contributed by atoms with E-state index >= 15 is 0 Å². The first-order valence-corrected chi connectivity index (χ1v) is 4.71. The van der Waals surface area contributed by atoms with Crippen LogP contribution in [0.3, 0.4) is 0 Å². The zero-order valence-electron chi connectivity index (χ0n) is 8.14. The van der Waals surface area contributed by atoms with Gasteiger partial charge in [0.1, 0.15) is 5.52 Å². The number of fused-ring (bicyclic) bond motifs is 3. The van der Waals surface area contributed by atoms with Gasteiger partial charge in [0.05, 0.1) is 29.1 Å². The predicted molar refractivity (Wildman–Crippen MR) is 58.4 cm³/mol. The predicted octanol–water partition coefficient (Wildman–Crippen LogP) is 1.81. The number of hydrogen-bond donors (Lipinski definition) is 2. The van der Waals surface area contributed by atoms with E-state index in [2.05, 4.69) is 15.0 Å². The number of carboxylic acids is 1. The van der Waals surface area contributed by atoms with Gasteiger partial charge >= 0.3 is 5.97 Å². The van der Waals surface area contributed by atoms with Gasteiger partial charge in [-0.25, -0.2) is 9.78 Å². The number of pyridine rings is 1. The Morgan fingerprint density at radius 1 is 1.25 bits per heavy atom. The maximum absolute atomic E-state index is 10.8. The third kappa shape index (κ3) is 1.15. The molecule has 0 fully saturated rings. The number of imidazole rings is 1. The minimum Gasteiger partial charge on any atom is -0.478 e. The summed E-state index contributed by atoms with van der Waals surface area (Å²) < 4.78 is 0. The average molecular weight is 213 g/mol. The van der Waals surface area contributed by atoms with Gasteiger partial charge in [0.2, 0.25) is 0 Å². The summed E-state index contributed by atoms with van der Waals surface area (Å²) in [5.74, 6) is -0.951. The number of nitrogens with zero attached hydrogens (tertiary/aromatic N) is 2. The molecule has 0 spiro atoms. The highest BCUT2D eigenvalue weighted by Crippen LogP contribution is 2.21. The van der Waals surface area contributed by atoms with Crippen molar-refractivity contribution in [2.45, 2.75) is 0 Å². The number of carboxylic acid groups (broad SMARTS) is 1. The average Bonchev–Trinajstić information content (AvgIpc) is 2.76. The Morgan fingerprint density at radius 2 is 2.12 bits per heavy atom. The van der Waals surface area contributed by atoms with Crippen LogP contribution in [0.25, 0.3) is 21.9 Å². The molecule has 0 aliphatic carbocycles. The lowest BCUT2D eigenvalue weighted by Gasteiger charge is -1.99. The summed E-state index contributed by atoms with van der Waals surface area (Å²) in [7, 11) is 0. The maximum atomic E-state index is 10.8. The van der Waals surface area contributed by atoms with E-state index in [1.165, 1.54) is 0 Å². The van der Waals surface area contributed by atoms with Crippen molar-refractivity contribution < 1.29 is 9.90 Å². The number of H-pyrrole nitrogens is 1. The molecule has 0 saturated heterocycles. The lowest BCUT2D eigenvalue weighted by atomic mass is 10.1. The smallest absolute Gasteiger partial charge is 0.335 e. The SMILES string of the molecule is O=C(O)c1ccc2c(c1)ncc1nc[nH]c12. The maximum Gasteiger partial charge on any atom is 0.335 e. The van der Waals surface area contributed by atoms with E-state index in [1.807, 2.05) is 0 Å². The molecular formula is C11H7N3O2. The van der Waals surface area contributed by atoms with Gasteiger partial charge in [-0.2, -0.15) is 0 Å². The van der Waals surface area contributed by atoms with Crippen molar-refractivity contribution in [1.29, 1.82) is 0 Å². The molecule has 0 saturated carbocycles. The molecule has 2 N–H and O–H groups in total. The molecule has 0 aliphatic heterocycles. The van der Waals surface area contributed by atoms with Crippen LogP contribution in [-0.4, -0.2) is 26.0 Å². The first kappa shape index (κ1) is 8.84. The fourth-order valence-electron chi connectivity index (χ4n) is 1.73. The van der Waals surface area contributed by atoms with Crippen LogP contribution in [0.15, 0.2) is 30.7 Å². The molecule has 5 nitrogen and oxygen atoms in total. The second-order valence-corrected chi connectivity index (χ2v) is 3.46. The molecular weight excluding hydrogens is 206 g/mol. The van der Waals surface area contributed by atoms with Crippen LogP contribution in [0, 0.1) is 0 Å². The fraction of sp³-hybridized carbons (Fsp3) is 0. The summed E-state index contributed by atoms with van der Waals surface area (Å²) >= 11 is 0. The number of hydrogen-bond acceptors (Lipinski definition) is 3. The van der Waals surface area contributed by atoms with Gasteiger partial charge in [-0.3, -0.25) is 4.98 Å². The molecule has 1 aromatic carbocycles. The highest BCUT2D eigenvalue weighted by Gasteiger charge is 2.07. The summed E-state index contributed by atoms with van der Waals surface area (Å²) in [5.41, 5.74) is 2.54. The van der Waals surface area contributed by atoms with Crippen LogP contribution in [0.2, 0.25) is 0 Å². The molecule has 0 atom stereocenters. The van der Waals surface area contributed by atoms with E-state index in [0.29, 0.717) is 5.52 Å². The van der Waals surface area contributed by atoms with Crippen LogP contribution >= 0.6 is 0 Å². The fourth-order valence-corrected chi connectivity index (χ4v) is 1.73. The van der Waals surface area contributed by atoms with E-state index in [-0.39, 0.29) is 5.56 Å². The molecule has 2 aromatic heterocycles. The summed E-state index contributed by atoms with van der Waals surface area (Å²) in [6.45, 7) is 0. The van der Waals surface area contributed by atoms with Gasteiger partial charge in [0.25, 0.3) is 0 Å². The highest BCUT2D eigenvalue weighted by atomic mass is 16.4. The molecule has 3 rings (SSSR count). The molecule has 0 bridgehead atoms. The van der Waals surface area contributed by atoms with Crippen molar-refractivity contribution >= 4 is 27.9 Å². The number of benzene rings is 1. The second kappa shape index (κ2) is 3.03. The van der Waals surface area contributed by atoms with Crippen LogP contribution in [0.1, 0.15) is 10.4 Å². The third-order valence-electron chi connectivity index (χ3n) is 2.51. The molecule has 0 aliphatic rings. The molecule has 78 valence electrons. The zero-order chi connectivity index (χ0) is 11.1. The van der Waals surface area contributed by atoms with Crippen molar-refractivity contribution in [2.24, 2.45) is 0 Å². The van der Waals surface area contributed by atoms with E-state index in [9.17, 15) is 4.79 Å². The second-order valence-electron chi connectivity index (χ2n) is 3.46. The Morgan fingerprint density at radius 3 is 2.94 bits per heavy atom. The van der Waals surface area contributed by atoms with E-state index in [0.717, 1.165) is 16.4 Å². The minimum atomic E-state index is -0.951. The Kier molecular flexibility index (Phi) is 1.67. The molecule has 3 aromatic rings. The lowest BCUT2D eigenvalue weighted by Crippen LogP contribution is -1.96. The lowest BCUT2D eigenvalue weighted by molar-refractivity contribution is 0.0697.